The summed E-state index contributed by atoms with van der Waals surface area (Å²) in [6.45, 7) is 3.66. The fraction of sp³-hybridized carbons (Fsp3) is 0.250. The van der Waals surface area contributed by atoms with Crippen molar-refractivity contribution in [1.82, 2.24) is 0 Å². The summed E-state index contributed by atoms with van der Waals surface area (Å²) in [5, 5.41) is 0. The van der Waals surface area contributed by atoms with Crippen molar-refractivity contribution in [3.63, 3.8) is 0 Å². The van der Waals surface area contributed by atoms with Gasteiger partial charge in [0.25, 0.3) is 0 Å². The molecule has 0 spiro atoms. The number of hydrogen-bond donors (Lipinski definition) is 0. The number of hydrogen-bond acceptors (Lipinski definition) is 0. The molecule has 0 unspecified atom stereocenters. The van der Waals surface area contributed by atoms with E-state index < -0.39 is 0 Å². The zero-order valence-corrected chi connectivity index (χ0v) is 4.93. The van der Waals surface area contributed by atoms with Crippen LogP contribution in [0.4, 0.5) is 0 Å². The third-order valence-corrected chi connectivity index (χ3v) is 1.25. The van der Waals surface area contributed by atoms with Crippen LogP contribution in [-0.4, -0.2) is 29.6 Å². The van der Waals surface area contributed by atoms with Crippen molar-refractivity contribution in [2.24, 2.45) is 0 Å². The van der Waals surface area contributed by atoms with Crippen LogP contribution in [0.1, 0.15) is 12.8 Å². The van der Waals surface area contributed by atoms with Gasteiger partial charge in [0.15, 0.2) is 0 Å². The van der Waals surface area contributed by atoms with Gasteiger partial charge >= 0.3 is 29.6 Å². The standard InChI is InChI=1S/C8H10.Na.H/c1-2-5-8-6-3-4-7-8;;/h2-4,6H,1,5,7H2;;. The predicted molar refractivity (Wildman–Crippen MR) is 43.8 cm³/mol. The Hall–Kier alpha value is 0.220. The Morgan fingerprint density at radius 1 is 1.67 bits per heavy atom. The molecular weight excluding hydrogens is 119 g/mol. The second kappa shape index (κ2) is 5.04. The summed E-state index contributed by atoms with van der Waals surface area (Å²) >= 11 is 0. The molecule has 44 valence electrons. The summed E-state index contributed by atoms with van der Waals surface area (Å²) in [7, 11) is 0. The monoisotopic (exact) mass is 130 g/mol. The van der Waals surface area contributed by atoms with Gasteiger partial charge in [-0.1, -0.05) is 29.9 Å². The molecule has 1 rings (SSSR count). The van der Waals surface area contributed by atoms with Crippen LogP contribution in [-0.2, 0) is 0 Å². The Balaban J connectivity index is 0.000000640. The van der Waals surface area contributed by atoms with E-state index >= 15 is 0 Å². The average Bonchev–Trinajstić information content (AvgIpc) is 2.19. The van der Waals surface area contributed by atoms with E-state index in [1.807, 2.05) is 6.08 Å². The fourth-order valence-corrected chi connectivity index (χ4v) is 0.828. The Labute approximate surface area is 78.6 Å². The maximum atomic E-state index is 3.66. The molecule has 0 saturated carbocycles. The molecule has 0 aromatic heterocycles. The van der Waals surface area contributed by atoms with Gasteiger partial charge in [0.2, 0.25) is 0 Å². The minimum absolute atomic E-state index is 0. The van der Waals surface area contributed by atoms with Gasteiger partial charge in [-0.3, -0.25) is 0 Å². The Kier molecular flexibility index (Phi) is 5.16. The molecule has 0 radical (unpaired) electrons. The minimum atomic E-state index is 0. The van der Waals surface area contributed by atoms with Crippen LogP contribution in [0.2, 0.25) is 0 Å². The van der Waals surface area contributed by atoms with Crippen LogP contribution in [0.25, 0.3) is 0 Å². The van der Waals surface area contributed by atoms with Crippen LogP contribution in [0.5, 0.6) is 0 Å². The molecule has 1 aliphatic rings. The van der Waals surface area contributed by atoms with Crippen LogP contribution in [0.15, 0.2) is 36.5 Å². The molecule has 0 bridgehead atoms. The van der Waals surface area contributed by atoms with E-state index in [0.29, 0.717) is 0 Å². The predicted octanol–water partition coefficient (Wildman–Crippen LogP) is 1.80. The number of rotatable bonds is 2. The molecule has 0 N–H and O–H groups in total. The molecule has 9 heavy (non-hydrogen) atoms. The van der Waals surface area contributed by atoms with E-state index in [0.717, 1.165) is 12.8 Å². The van der Waals surface area contributed by atoms with Crippen molar-refractivity contribution in [2.75, 3.05) is 0 Å². The summed E-state index contributed by atoms with van der Waals surface area (Å²) < 4.78 is 0. The van der Waals surface area contributed by atoms with E-state index in [-0.39, 0.29) is 29.6 Å². The van der Waals surface area contributed by atoms with Gasteiger partial charge in [0, 0.05) is 0 Å². The van der Waals surface area contributed by atoms with Gasteiger partial charge in [-0.05, 0) is 12.8 Å². The number of allylic oxidation sites excluding steroid dienone is 5. The molecule has 1 aliphatic carbocycles. The van der Waals surface area contributed by atoms with Crippen molar-refractivity contribution in [3.05, 3.63) is 36.5 Å². The van der Waals surface area contributed by atoms with Gasteiger partial charge in [-0.2, -0.15) is 0 Å². The first-order chi connectivity index (χ1) is 3.93. The Bertz CT molecular complexity index is 143. The topological polar surface area (TPSA) is 0 Å². The Morgan fingerprint density at radius 3 is 2.89 bits per heavy atom. The van der Waals surface area contributed by atoms with Gasteiger partial charge in [-0.15, -0.1) is 6.58 Å². The van der Waals surface area contributed by atoms with Crippen molar-refractivity contribution < 1.29 is 0 Å². The van der Waals surface area contributed by atoms with E-state index in [4.69, 9.17) is 0 Å². The molecule has 0 amide bonds. The van der Waals surface area contributed by atoms with E-state index in [1.165, 1.54) is 5.57 Å². The first-order valence-electron chi connectivity index (χ1n) is 2.89. The molecule has 0 fully saturated rings. The van der Waals surface area contributed by atoms with Crippen LogP contribution in [0, 0.1) is 0 Å². The Morgan fingerprint density at radius 2 is 2.44 bits per heavy atom. The molecule has 0 aromatic carbocycles. The first kappa shape index (κ1) is 9.22. The van der Waals surface area contributed by atoms with Gasteiger partial charge < -0.3 is 0 Å². The second-order valence-corrected chi connectivity index (χ2v) is 1.95. The molecule has 0 heterocycles. The summed E-state index contributed by atoms with van der Waals surface area (Å²) in [6.07, 6.45) is 10.5. The van der Waals surface area contributed by atoms with Crippen LogP contribution >= 0.6 is 0 Å². The second-order valence-electron chi connectivity index (χ2n) is 1.95. The zero-order valence-electron chi connectivity index (χ0n) is 4.93. The van der Waals surface area contributed by atoms with Crippen LogP contribution in [0.3, 0.4) is 0 Å². The molecule has 0 saturated heterocycles. The van der Waals surface area contributed by atoms with Crippen LogP contribution < -0.4 is 0 Å². The van der Waals surface area contributed by atoms with Crippen molar-refractivity contribution >= 4 is 29.6 Å². The van der Waals surface area contributed by atoms with Crippen molar-refractivity contribution in [1.29, 1.82) is 0 Å². The van der Waals surface area contributed by atoms with E-state index in [9.17, 15) is 0 Å². The quantitative estimate of drug-likeness (QED) is 0.395. The summed E-state index contributed by atoms with van der Waals surface area (Å²) in [4.78, 5) is 0. The maximum absolute atomic E-state index is 3.66. The molecule has 0 aromatic rings. The zero-order chi connectivity index (χ0) is 5.82. The molecule has 0 atom stereocenters. The van der Waals surface area contributed by atoms with Gasteiger partial charge in [0.05, 0.1) is 0 Å². The van der Waals surface area contributed by atoms with Gasteiger partial charge in [-0.25, -0.2) is 0 Å². The summed E-state index contributed by atoms with van der Waals surface area (Å²) in [6, 6.07) is 0. The van der Waals surface area contributed by atoms with E-state index in [1.54, 1.807) is 0 Å². The van der Waals surface area contributed by atoms with Gasteiger partial charge in [0.1, 0.15) is 0 Å². The van der Waals surface area contributed by atoms with E-state index in [2.05, 4.69) is 24.8 Å². The normalized spacial score (nSPS) is 14.4. The molecule has 0 aliphatic heterocycles. The molecular formula is C8H11Na. The molecule has 1 heteroatoms. The fourth-order valence-electron chi connectivity index (χ4n) is 0.828. The van der Waals surface area contributed by atoms with Crippen molar-refractivity contribution in [2.45, 2.75) is 12.8 Å². The average molecular weight is 130 g/mol. The first-order valence-corrected chi connectivity index (χ1v) is 2.89. The summed E-state index contributed by atoms with van der Waals surface area (Å²) in [5.41, 5.74) is 1.47. The third kappa shape index (κ3) is 3.04. The summed E-state index contributed by atoms with van der Waals surface area (Å²) in [5.74, 6) is 0. The van der Waals surface area contributed by atoms with Crippen molar-refractivity contribution in [3.8, 4) is 0 Å². The SMILES string of the molecule is C=CCC1=CC=CC1.[NaH]. The molecule has 0 nitrogen and oxygen atoms in total. The third-order valence-electron chi connectivity index (χ3n) is 1.25.